The molecule has 0 N–H and O–H groups in total. The standard InChI is InChI=1S/C13H17N3O3S/c1-3-5-6-12(18)19-8-9-7-11(17)16-13(14-9)20-10(4-2)15-16/h7H,3-6,8H2,1-2H3. The first-order valence-electron chi connectivity index (χ1n) is 6.68. The van der Waals surface area contributed by atoms with Gasteiger partial charge in [0.1, 0.15) is 11.6 Å². The quantitative estimate of drug-likeness (QED) is 0.761. The molecule has 7 heteroatoms. The van der Waals surface area contributed by atoms with Gasteiger partial charge in [-0.05, 0) is 12.8 Å². The van der Waals surface area contributed by atoms with E-state index in [9.17, 15) is 9.59 Å². The van der Waals surface area contributed by atoms with E-state index >= 15 is 0 Å². The van der Waals surface area contributed by atoms with E-state index < -0.39 is 0 Å². The molecule has 0 amide bonds. The Morgan fingerprint density at radius 2 is 2.25 bits per heavy atom. The van der Waals surface area contributed by atoms with Crippen molar-refractivity contribution in [3.63, 3.8) is 0 Å². The van der Waals surface area contributed by atoms with Crippen molar-refractivity contribution < 1.29 is 9.53 Å². The third-order valence-electron chi connectivity index (χ3n) is 2.76. The van der Waals surface area contributed by atoms with Crippen LogP contribution in [0.2, 0.25) is 0 Å². The highest BCUT2D eigenvalue weighted by Gasteiger charge is 2.09. The first-order valence-corrected chi connectivity index (χ1v) is 7.50. The summed E-state index contributed by atoms with van der Waals surface area (Å²) < 4.78 is 6.39. The Bertz CT molecular complexity index is 662. The Balaban J connectivity index is 2.11. The molecule has 108 valence electrons. The molecule has 0 aliphatic heterocycles. The zero-order chi connectivity index (χ0) is 14.5. The lowest BCUT2D eigenvalue weighted by Crippen LogP contribution is -2.16. The summed E-state index contributed by atoms with van der Waals surface area (Å²) in [6, 6.07) is 1.36. The van der Waals surface area contributed by atoms with Gasteiger partial charge in [0.05, 0.1) is 5.69 Å². The van der Waals surface area contributed by atoms with E-state index in [4.69, 9.17) is 4.74 Å². The molecule has 0 fully saturated rings. The smallest absolute Gasteiger partial charge is 0.306 e. The highest BCUT2D eigenvalue weighted by molar-refractivity contribution is 7.16. The van der Waals surface area contributed by atoms with Crippen LogP contribution in [0.1, 0.15) is 43.8 Å². The number of hydrogen-bond donors (Lipinski definition) is 0. The number of aryl methyl sites for hydroxylation is 1. The third kappa shape index (κ3) is 3.41. The Hall–Kier alpha value is -1.76. The largest absolute Gasteiger partial charge is 0.459 e. The van der Waals surface area contributed by atoms with Crippen LogP contribution in [0, 0.1) is 0 Å². The van der Waals surface area contributed by atoms with Gasteiger partial charge < -0.3 is 4.74 Å². The number of fused-ring (bicyclic) bond motifs is 1. The van der Waals surface area contributed by atoms with Crippen LogP contribution in [0.4, 0.5) is 0 Å². The molecule has 0 bridgehead atoms. The molecule has 0 unspecified atom stereocenters. The molecule has 2 aromatic rings. The van der Waals surface area contributed by atoms with Gasteiger partial charge in [-0.1, -0.05) is 31.6 Å². The number of nitrogens with zero attached hydrogens (tertiary/aromatic N) is 3. The zero-order valence-electron chi connectivity index (χ0n) is 11.6. The molecular formula is C13H17N3O3S. The SMILES string of the molecule is CCCCC(=O)OCc1cc(=O)n2nc(CC)sc2n1. The lowest BCUT2D eigenvalue weighted by Gasteiger charge is -2.03. The molecule has 6 nitrogen and oxygen atoms in total. The number of ether oxygens (including phenoxy) is 1. The van der Waals surface area contributed by atoms with Crippen LogP contribution in [0.3, 0.4) is 0 Å². The molecule has 0 aliphatic carbocycles. The number of aromatic nitrogens is 3. The van der Waals surface area contributed by atoms with E-state index in [0.29, 0.717) is 17.1 Å². The summed E-state index contributed by atoms with van der Waals surface area (Å²) in [6.45, 7) is 4.02. The Kier molecular flexibility index (Phi) is 4.84. The first-order chi connectivity index (χ1) is 9.63. The zero-order valence-corrected chi connectivity index (χ0v) is 12.4. The maximum Gasteiger partial charge on any atom is 0.306 e. The van der Waals surface area contributed by atoms with Crippen LogP contribution < -0.4 is 5.56 Å². The maximum atomic E-state index is 11.9. The van der Waals surface area contributed by atoms with Gasteiger partial charge in [0.2, 0.25) is 4.96 Å². The second kappa shape index (κ2) is 6.60. The molecule has 2 aromatic heterocycles. The van der Waals surface area contributed by atoms with Crippen molar-refractivity contribution in [2.45, 2.75) is 46.1 Å². The normalized spacial score (nSPS) is 10.9. The second-order valence-electron chi connectivity index (χ2n) is 4.39. The van der Waals surface area contributed by atoms with Gasteiger partial charge in [-0.3, -0.25) is 9.59 Å². The third-order valence-corrected chi connectivity index (χ3v) is 3.81. The fraction of sp³-hybridized carbons (Fsp3) is 0.538. The van der Waals surface area contributed by atoms with Crippen LogP contribution >= 0.6 is 11.3 Å². The van der Waals surface area contributed by atoms with E-state index in [2.05, 4.69) is 10.1 Å². The summed E-state index contributed by atoms with van der Waals surface area (Å²) in [7, 11) is 0. The van der Waals surface area contributed by atoms with E-state index in [1.54, 1.807) is 0 Å². The highest BCUT2D eigenvalue weighted by atomic mass is 32.1. The molecular weight excluding hydrogens is 278 g/mol. The summed E-state index contributed by atoms with van der Waals surface area (Å²) in [6.07, 6.45) is 2.91. The number of esters is 1. The van der Waals surface area contributed by atoms with Crippen molar-refractivity contribution >= 4 is 22.3 Å². The Labute approximate surface area is 120 Å². The van der Waals surface area contributed by atoms with Crippen molar-refractivity contribution in [2.75, 3.05) is 0 Å². The molecule has 2 heterocycles. The lowest BCUT2D eigenvalue weighted by molar-refractivity contribution is -0.145. The summed E-state index contributed by atoms with van der Waals surface area (Å²) in [5, 5.41) is 5.01. The van der Waals surface area contributed by atoms with Crippen molar-refractivity contribution in [3.8, 4) is 0 Å². The fourth-order valence-electron chi connectivity index (χ4n) is 1.66. The summed E-state index contributed by atoms with van der Waals surface area (Å²) in [5.74, 6) is -0.257. The number of carbonyl (C=O) groups is 1. The molecule has 2 rings (SSSR count). The van der Waals surface area contributed by atoms with E-state index in [-0.39, 0.29) is 18.1 Å². The van der Waals surface area contributed by atoms with Crippen LogP contribution in [-0.2, 0) is 22.6 Å². The summed E-state index contributed by atoms with van der Waals surface area (Å²) in [4.78, 5) is 28.1. The van der Waals surface area contributed by atoms with Gasteiger partial charge in [-0.25, -0.2) is 4.98 Å². The predicted octanol–water partition coefficient (Wildman–Crippen LogP) is 1.95. The van der Waals surface area contributed by atoms with Gasteiger partial charge >= 0.3 is 5.97 Å². The van der Waals surface area contributed by atoms with E-state index in [0.717, 1.165) is 24.3 Å². The van der Waals surface area contributed by atoms with E-state index in [1.807, 2.05) is 13.8 Å². The van der Waals surface area contributed by atoms with Crippen molar-refractivity contribution in [3.05, 3.63) is 27.1 Å². The van der Waals surface area contributed by atoms with Crippen LogP contribution in [0.15, 0.2) is 10.9 Å². The van der Waals surface area contributed by atoms with Crippen molar-refractivity contribution in [1.82, 2.24) is 14.6 Å². The average molecular weight is 295 g/mol. The minimum Gasteiger partial charge on any atom is -0.459 e. The first kappa shape index (κ1) is 14.6. The maximum absolute atomic E-state index is 11.9. The predicted molar refractivity (Wildman–Crippen MR) is 75.8 cm³/mol. The van der Waals surface area contributed by atoms with Crippen LogP contribution in [0.5, 0.6) is 0 Å². The topological polar surface area (TPSA) is 73.6 Å². The Morgan fingerprint density at radius 3 is 2.95 bits per heavy atom. The molecule has 20 heavy (non-hydrogen) atoms. The number of rotatable bonds is 6. The molecule has 0 saturated carbocycles. The molecule has 0 spiro atoms. The summed E-state index contributed by atoms with van der Waals surface area (Å²) >= 11 is 1.37. The van der Waals surface area contributed by atoms with Gasteiger partial charge in [-0.15, -0.1) is 0 Å². The highest BCUT2D eigenvalue weighted by Crippen LogP contribution is 2.12. The van der Waals surface area contributed by atoms with Gasteiger partial charge in [0, 0.05) is 12.5 Å². The molecule has 0 saturated heterocycles. The average Bonchev–Trinajstić information content (AvgIpc) is 2.86. The molecule has 0 aliphatic rings. The van der Waals surface area contributed by atoms with Gasteiger partial charge in [0.25, 0.3) is 5.56 Å². The van der Waals surface area contributed by atoms with Gasteiger partial charge in [0.15, 0.2) is 0 Å². The Morgan fingerprint density at radius 1 is 1.45 bits per heavy atom. The second-order valence-corrected chi connectivity index (χ2v) is 5.43. The van der Waals surface area contributed by atoms with Crippen LogP contribution in [-0.4, -0.2) is 20.6 Å². The van der Waals surface area contributed by atoms with Crippen LogP contribution in [0.25, 0.3) is 4.96 Å². The minimum absolute atomic E-state index is 0.0354. The molecule has 0 radical (unpaired) electrons. The number of carbonyl (C=O) groups excluding carboxylic acids is 1. The number of hydrogen-bond acceptors (Lipinski definition) is 6. The van der Waals surface area contributed by atoms with Crippen molar-refractivity contribution in [2.24, 2.45) is 0 Å². The summed E-state index contributed by atoms with van der Waals surface area (Å²) in [5.41, 5.74) is 0.219. The van der Waals surface area contributed by atoms with Gasteiger partial charge in [-0.2, -0.15) is 9.61 Å². The molecule has 0 aromatic carbocycles. The monoisotopic (exact) mass is 295 g/mol. The molecule has 0 atom stereocenters. The minimum atomic E-state index is -0.257. The fourth-order valence-corrected chi connectivity index (χ4v) is 2.52. The van der Waals surface area contributed by atoms with E-state index in [1.165, 1.54) is 21.9 Å². The lowest BCUT2D eigenvalue weighted by atomic mass is 10.2. The number of unbranched alkanes of at least 4 members (excludes halogenated alkanes) is 1. The van der Waals surface area contributed by atoms with Crippen molar-refractivity contribution in [1.29, 1.82) is 0 Å².